The van der Waals surface area contributed by atoms with Crippen LogP contribution in [-0.4, -0.2) is 11.6 Å². The van der Waals surface area contributed by atoms with Gasteiger partial charge in [0.05, 0.1) is 10.7 Å². The van der Waals surface area contributed by atoms with E-state index in [4.69, 9.17) is 23.2 Å². The van der Waals surface area contributed by atoms with E-state index in [9.17, 15) is 4.79 Å². The molecule has 0 fully saturated rings. The molecule has 1 aliphatic heterocycles. The number of carbonyl (C=O) groups is 1. The summed E-state index contributed by atoms with van der Waals surface area (Å²) in [5, 5.41) is 5.33. The molecule has 0 spiro atoms. The monoisotopic (exact) mass is 420 g/mol. The second-order valence-corrected chi connectivity index (χ2v) is 7.58. The summed E-state index contributed by atoms with van der Waals surface area (Å²) in [6, 6.07) is 23.8. The summed E-state index contributed by atoms with van der Waals surface area (Å²) in [5.74, 6) is -0.0940. The fourth-order valence-corrected chi connectivity index (χ4v) is 3.99. The lowest BCUT2D eigenvalue weighted by atomic mass is 9.89. The molecule has 1 N–H and O–H groups in total. The van der Waals surface area contributed by atoms with Gasteiger partial charge in [0.2, 0.25) is 5.91 Å². The molecule has 3 nitrogen and oxygen atoms in total. The Morgan fingerprint density at radius 3 is 2.28 bits per heavy atom. The standard InChI is InChI=1S/C24H18Cl2N2O/c25-18-14-20(24(21(26)15-18)22-11-12-23(29)28-27-22)19(17-9-5-2-6-10-17)13-16-7-3-1-4-8-16/h1-10,13-15H,11-12H2,(H,28,29)/b19-13+. The topological polar surface area (TPSA) is 41.5 Å². The number of hydrazone groups is 1. The SMILES string of the molecule is O=C1CCC(c2c(Cl)cc(Cl)cc2/C(=C/c2ccccc2)c2ccccc2)=NN1. The first-order chi connectivity index (χ1) is 14.1. The average Bonchev–Trinajstić information content (AvgIpc) is 2.74. The molecule has 0 aliphatic carbocycles. The lowest BCUT2D eigenvalue weighted by Gasteiger charge is -2.20. The van der Waals surface area contributed by atoms with E-state index in [2.05, 4.69) is 28.7 Å². The van der Waals surface area contributed by atoms with Crippen LogP contribution in [0, 0.1) is 0 Å². The van der Waals surface area contributed by atoms with Crippen molar-refractivity contribution in [2.24, 2.45) is 5.10 Å². The molecular weight excluding hydrogens is 403 g/mol. The minimum absolute atomic E-state index is 0.0940. The lowest BCUT2D eigenvalue weighted by molar-refractivity contribution is -0.121. The van der Waals surface area contributed by atoms with Crippen molar-refractivity contribution in [1.82, 2.24) is 5.43 Å². The van der Waals surface area contributed by atoms with E-state index in [1.807, 2.05) is 54.6 Å². The van der Waals surface area contributed by atoms with Crippen LogP contribution in [0.5, 0.6) is 0 Å². The fourth-order valence-electron chi connectivity index (χ4n) is 3.38. The molecule has 144 valence electrons. The molecule has 3 aromatic rings. The largest absolute Gasteiger partial charge is 0.273 e. The zero-order valence-corrected chi connectivity index (χ0v) is 17.0. The maximum atomic E-state index is 11.6. The summed E-state index contributed by atoms with van der Waals surface area (Å²) in [4.78, 5) is 11.6. The average molecular weight is 421 g/mol. The predicted octanol–water partition coefficient (Wildman–Crippen LogP) is 6.20. The quantitative estimate of drug-likeness (QED) is 0.501. The second-order valence-electron chi connectivity index (χ2n) is 6.74. The summed E-state index contributed by atoms with van der Waals surface area (Å²) in [5.41, 5.74) is 8.07. The van der Waals surface area contributed by atoms with Gasteiger partial charge < -0.3 is 0 Å². The summed E-state index contributed by atoms with van der Waals surface area (Å²) in [6.07, 6.45) is 3.01. The third-order valence-electron chi connectivity index (χ3n) is 4.73. The van der Waals surface area contributed by atoms with E-state index in [-0.39, 0.29) is 5.91 Å². The van der Waals surface area contributed by atoms with Gasteiger partial charge in [-0.15, -0.1) is 0 Å². The Bertz CT molecular complexity index is 1110. The number of hydrogen-bond acceptors (Lipinski definition) is 2. The third kappa shape index (κ3) is 4.42. The molecule has 0 aromatic heterocycles. The first-order valence-electron chi connectivity index (χ1n) is 9.29. The van der Waals surface area contributed by atoms with E-state index in [1.54, 1.807) is 6.07 Å². The molecule has 1 heterocycles. The number of nitrogens with zero attached hydrogens (tertiary/aromatic N) is 1. The van der Waals surface area contributed by atoms with Gasteiger partial charge in [-0.3, -0.25) is 4.79 Å². The lowest BCUT2D eigenvalue weighted by Crippen LogP contribution is -2.26. The molecule has 5 heteroatoms. The molecule has 0 radical (unpaired) electrons. The first kappa shape index (κ1) is 19.4. The summed E-state index contributed by atoms with van der Waals surface area (Å²) >= 11 is 13.0. The number of nitrogens with one attached hydrogen (secondary N) is 1. The Hall–Kier alpha value is -2.88. The number of hydrogen-bond donors (Lipinski definition) is 1. The third-order valence-corrected chi connectivity index (χ3v) is 5.25. The van der Waals surface area contributed by atoms with Crippen LogP contribution in [0.3, 0.4) is 0 Å². The number of amides is 1. The van der Waals surface area contributed by atoms with Gasteiger partial charge in [-0.25, -0.2) is 5.43 Å². The Morgan fingerprint density at radius 2 is 1.62 bits per heavy atom. The molecule has 0 saturated heterocycles. The molecule has 29 heavy (non-hydrogen) atoms. The highest BCUT2D eigenvalue weighted by molar-refractivity contribution is 6.38. The van der Waals surface area contributed by atoms with Crippen molar-refractivity contribution >= 4 is 46.5 Å². The van der Waals surface area contributed by atoms with Crippen molar-refractivity contribution < 1.29 is 4.79 Å². The van der Waals surface area contributed by atoms with Crippen molar-refractivity contribution in [2.75, 3.05) is 0 Å². The Kier molecular flexibility index (Phi) is 5.79. The van der Waals surface area contributed by atoms with Crippen LogP contribution in [-0.2, 0) is 4.79 Å². The van der Waals surface area contributed by atoms with Crippen LogP contribution in [0.1, 0.15) is 35.1 Å². The molecule has 0 atom stereocenters. The van der Waals surface area contributed by atoms with Gasteiger partial charge in [-0.05, 0) is 40.5 Å². The molecule has 0 bridgehead atoms. The predicted molar refractivity (Wildman–Crippen MR) is 120 cm³/mol. The highest BCUT2D eigenvalue weighted by Crippen LogP contribution is 2.36. The van der Waals surface area contributed by atoms with Crippen molar-refractivity contribution in [3.63, 3.8) is 0 Å². The van der Waals surface area contributed by atoms with Crippen LogP contribution >= 0.6 is 23.2 Å². The smallest absolute Gasteiger partial charge is 0.240 e. The molecular formula is C24H18Cl2N2O. The Morgan fingerprint density at radius 1 is 0.931 bits per heavy atom. The number of benzene rings is 3. The number of halogens is 2. The van der Waals surface area contributed by atoms with E-state index < -0.39 is 0 Å². The van der Waals surface area contributed by atoms with Gasteiger partial charge >= 0.3 is 0 Å². The minimum Gasteiger partial charge on any atom is -0.273 e. The van der Waals surface area contributed by atoms with Crippen LogP contribution in [0.2, 0.25) is 10.0 Å². The normalized spacial score (nSPS) is 14.3. The Balaban J connectivity index is 1.96. The van der Waals surface area contributed by atoms with Gasteiger partial charge in [0.25, 0.3) is 0 Å². The molecule has 1 aliphatic rings. The molecule has 1 amide bonds. The van der Waals surface area contributed by atoms with Crippen LogP contribution < -0.4 is 5.43 Å². The highest BCUT2D eigenvalue weighted by atomic mass is 35.5. The van der Waals surface area contributed by atoms with E-state index in [0.717, 1.165) is 33.5 Å². The first-order valence-corrected chi connectivity index (χ1v) is 10.0. The van der Waals surface area contributed by atoms with Crippen molar-refractivity contribution in [2.45, 2.75) is 12.8 Å². The van der Waals surface area contributed by atoms with Crippen LogP contribution in [0.4, 0.5) is 0 Å². The number of carbonyl (C=O) groups excluding carboxylic acids is 1. The van der Waals surface area contributed by atoms with Crippen LogP contribution in [0.15, 0.2) is 77.9 Å². The van der Waals surface area contributed by atoms with E-state index >= 15 is 0 Å². The summed E-state index contributed by atoms with van der Waals surface area (Å²) in [6.45, 7) is 0. The summed E-state index contributed by atoms with van der Waals surface area (Å²) < 4.78 is 0. The fraction of sp³-hybridized carbons (Fsp3) is 0.0833. The van der Waals surface area contributed by atoms with Crippen LogP contribution in [0.25, 0.3) is 11.6 Å². The highest BCUT2D eigenvalue weighted by Gasteiger charge is 2.22. The van der Waals surface area contributed by atoms with Gasteiger partial charge in [0.15, 0.2) is 0 Å². The minimum atomic E-state index is -0.0940. The van der Waals surface area contributed by atoms with Gasteiger partial charge in [0.1, 0.15) is 0 Å². The van der Waals surface area contributed by atoms with Gasteiger partial charge in [-0.2, -0.15) is 5.10 Å². The molecule has 3 aromatic carbocycles. The van der Waals surface area contributed by atoms with E-state index in [1.165, 1.54) is 0 Å². The number of rotatable bonds is 4. The van der Waals surface area contributed by atoms with Crippen molar-refractivity contribution in [1.29, 1.82) is 0 Å². The van der Waals surface area contributed by atoms with E-state index in [0.29, 0.717) is 22.9 Å². The van der Waals surface area contributed by atoms with Gasteiger partial charge in [0, 0.05) is 23.4 Å². The Labute approximate surface area is 179 Å². The second kappa shape index (κ2) is 8.64. The maximum Gasteiger partial charge on any atom is 0.240 e. The zero-order valence-electron chi connectivity index (χ0n) is 15.5. The molecule has 0 unspecified atom stereocenters. The maximum absolute atomic E-state index is 11.6. The molecule has 4 rings (SSSR count). The molecule has 0 saturated carbocycles. The summed E-state index contributed by atoms with van der Waals surface area (Å²) in [7, 11) is 0. The van der Waals surface area contributed by atoms with Crippen molar-refractivity contribution in [3.8, 4) is 0 Å². The van der Waals surface area contributed by atoms with Crippen molar-refractivity contribution in [3.05, 3.63) is 105 Å². The zero-order chi connectivity index (χ0) is 20.2. The van der Waals surface area contributed by atoms with Gasteiger partial charge in [-0.1, -0.05) is 83.9 Å².